The van der Waals surface area contributed by atoms with Gasteiger partial charge in [-0.3, -0.25) is 9.59 Å². The van der Waals surface area contributed by atoms with E-state index in [4.69, 9.17) is 0 Å². The van der Waals surface area contributed by atoms with Crippen molar-refractivity contribution < 1.29 is 9.59 Å². The van der Waals surface area contributed by atoms with E-state index in [2.05, 4.69) is 22.5 Å². The summed E-state index contributed by atoms with van der Waals surface area (Å²) in [5.41, 5.74) is 1.30. The van der Waals surface area contributed by atoms with Crippen molar-refractivity contribution in [3.63, 3.8) is 0 Å². The molecule has 1 aliphatic heterocycles. The molecule has 2 N–H and O–H groups in total. The molecule has 132 valence electrons. The van der Waals surface area contributed by atoms with Gasteiger partial charge in [0.15, 0.2) is 0 Å². The lowest BCUT2D eigenvalue weighted by atomic mass is 10.1. The maximum absolute atomic E-state index is 12.5. The Hall–Kier alpha value is -1.50. The number of nitrogens with one attached hydrogen (secondary N) is 2. The molecule has 2 heterocycles. The second-order valence-electron chi connectivity index (χ2n) is 6.96. The Morgan fingerprint density at radius 3 is 2.67 bits per heavy atom. The molecule has 0 spiro atoms. The number of imidazole rings is 1. The minimum Gasteiger partial charge on any atom is -0.350 e. The zero-order valence-electron chi connectivity index (χ0n) is 14.5. The third kappa shape index (κ3) is 3.94. The fourth-order valence-electron chi connectivity index (χ4n) is 3.26. The fourth-order valence-corrected chi connectivity index (χ4v) is 4.56. The van der Waals surface area contributed by atoms with Crippen molar-refractivity contribution in [2.75, 3.05) is 6.54 Å². The maximum Gasteiger partial charge on any atom is 0.269 e. The topological polar surface area (TPSA) is 76.0 Å². The minimum absolute atomic E-state index is 0.0338. The molecule has 0 radical (unpaired) electrons. The van der Waals surface area contributed by atoms with Gasteiger partial charge in [0.1, 0.15) is 5.69 Å². The van der Waals surface area contributed by atoms with Crippen LogP contribution in [0.3, 0.4) is 0 Å². The first kappa shape index (κ1) is 17.3. The summed E-state index contributed by atoms with van der Waals surface area (Å²) in [5.74, 6) is 0.495. The number of aromatic nitrogens is 2. The Kier molecular flexibility index (Phi) is 5.18. The first-order valence-corrected chi connectivity index (χ1v) is 9.62. The molecule has 1 saturated heterocycles. The first-order valence-electron chi connectivity index (χ1n) is 8.67. The second-order valence-corrected chi connectivity index (χ2v) is 8.61. The number of carbonyl (C=O) groups excluding carboxylic acids is 2. The lowest BCUT2D eigenvalue weighted by Crippen LogP contribution is -2.47. The van der Waals surface area contributed by atoms with E-state index in [9.17, 15) is 9.59 Å². The highest BCUT2D eigenvalue weighted by Crippen LogP contribution is 2.35. The molecule has 3 atom stereocenters. The molecular formula is C17H26N4O2S. The number of hydrogen-bond acceptors (Lipinski definition) is 4. The molecule has 0 bridgehead atoms. The van der Waals surface area contributed by atoms with Crippen molar-refractivity contribution in [2.24, 2.45) is 13.0 Å². The number of aryl methyl sites for hydroxylation is 2. The lowest BCUT2D eigenvalue weighted by Gasteiger charge is -2.21. The highest BCUT2D eigenvalue weighted by molar-refractivity contribution is 8.01. The van der Waals surface area contributed by atoms with Crippen molar-refractivity contribution >= 4 is 23.6 Å². The molecule has 0 aromatic carbocycles. The molecule has 6 nitrogen and oxygen atoms in total. The van der Waals surface area contributed by atoms with Crippen LogP contribution in [0.15, 0.2) is 6.33 Å². The van der Waals surface area contributed by atoms with Gasteiger partial charge >= 0.3 is 0 Å². The highest BCUT2D eigenvalue weighted by Gasteiger charge is 2.35. The van der Waals surface area contributed by atoms with Crippen LogP contribution in [-0.2, 0) is 11.8 Å². The Bertz CT molecular complexity index is 607. The van der Waals surface area contributed by atoms with Crippen LogP contribution in [0.2, 0.25) is 0 Å². The quantitative estimate of drug-likeness (QED) is 0.818. The van der Waals surface area contributed by atoms with Crippen LogP contribution in [0.5, 0.6) is 0 Å². The number of carbonyl (C=O) groups is 2. The highest BCUT2D eigenvalue weighted by atomic mass is 32.2. The summed E-state index contributed by atoms with van der Waals surface area (Å²) in [5, 5.41) is 6.77. The van der Waals surface area contributed by atoms with Crippen LogP contribution >= 0.6 is 11.8 Å². The van der Waals surface area contributed by atoms with E-state index in [0.29, 0.717) is 23.4 Å². The van der Waals surface area contributed by atoms with Crippen LogP contribution in [0.4, 0.5) is 0 Å². The Morgan fingerprint density at radius 1 is 1.38 bits per heavy atom. The number of hydrogen-bond donors (Lipinski definition) is 2. The van der Waals surface area contributed by atoms with Gasteiger partial charge in [0, 0.05) is 24.9 Å². The average Bonchev–Trinajstić information content (AvgIpc) is 3.21. The van der Waals surface area contributed by atoms with E-state index in [1.165, 1.54) is 0 Å². The number of amides is 2. The summed E-state index contributed by atoms with van der Waals surface area (Å²) in [6.45, 7) is 4.48. The number of rotatable bonds is 6. The Morgan fingerprint density at radius 2 is 2.12 bits per heavy atom. The van der Waals surface area contributed by atoms with Gasteiger partial charge in [-0.15, -0.1) is 11.8 Å². The SMILES string of the molecule is Cc1ncn(C)c1C(=O)NCC(NC(=O)C1CCC(C)S1)C1CC1. The average molecular weight is 350 g/mol. The Balaban J connectivity index is 1.55. The molecule has 2 aliphatic rings. The molecule has 3 rings (SSSR count). The van der Waals surface area contributed by atoms with E-state index >= 15 is 0 Å². The zero-order valence-corrected chi connectivity index (χ0v) is 15.4. The molecule has 1 saturated carbocycles. The molecule has 1 aliphatic carbocycles. The maximum atomic E-state index is 12.5. The van der Waals surface area contributed by atoms with Gasteiger partial charge in [-0.05, 0) is 38.5 Å². The van der Waals surface area contributed by atoms with Gasteiger partial charge < -0.3 is 15.2 Å². The predicted molar refractivity (Wildman–Crippen MR) is 95.0 cm³/mol. The molecule has 3 unspecified atom stereocenters. The van der Waals surface area contributed by atoms with Crippen LogP contribution in [0, 0.1) is 12.8 Å². The first-order chi connectivity index (χ1) is 11.5. The van der Waals surface area contributed by atoms with E-state index in [0.717, 1.165) is 31.4 Å². The largest absolute Gasteiger partial charge is 0.350 e. The van der Waals surface area contributed by atoms with E-state index in [-0.39, 0.29) is 23.1 Å². The van der Waals surface area contributed by atoms with Crippen LogP contribution in [0.25, 0.3) is 0 Å². The summed E-state index contributed by atoms with van der Waals surface area (Å²) in [4.78, 5) is 29.0. The summed E-state index contributed by atoms with van der Waals surface area (Å²) in [7, 11) is 1.81. The van der Waals surface area contributed by atoms with Crippen molar-refractivity contribution in [3.8, 4) is 0 Å². The summed E-state index contributed by atoms with van der Waals surface area (Å²) < 4.78 is 1.73. The van der Waals surface area contributed by atoms with Gasteiger partial charge in [0.05, 0.1) is 17.3 Å². The monoisotopic (exact) mass is 350 g/mol. The fraction of sp³-hybridized carbons (Fsp3) is 0.706. The van der Waals surface area contributed by atoms with E-state index in [1.54, 1.807) is 22.7 Å². The third-order valence-corrected chi connectivity index (χ3v) is 6.34. The number of nitrogens with zero attached hydrogens (tertiary/aromatic N) is 2. The zero-order chi connectivity index (χ0) is 17.3. The molecule has 2 fully saturated rings. The molecule has 1 aromatic rings. The van der Waals surface area contributed by atoms with Gasteiger partial charge in [0.2, 0.25) is 5.91 Å². The van der Waals surface area contributed by atoms with Gasteiger partial charge in [-0.2, -0.15) is 0 Å². The van der Waals surface area contributed by atoms with Crippen molar-refractivity contribution in [1.82, 2.24) is 20.2 Å². The predicted octanol–water partition coefficient (Wildman–Crippen LogP) is 1.64. The Labute approximate surface area is 147 Å². The van der Waals surface area contributed by atoms with E-state index in [1.807, 2.05) is 14.0 Å². The van der Waals surface area contributed by atoms with Crippen LogP contribution < -0.4 is 10.6 Å². The van der Waals surface area contributed by atoms with Gasteiger partial charge in [-0.25, -0.2) is 4.98 Å². The standard InChI is InChI=1S/C17H26N4O2S/c1-10-4-7-14(24-10)16(22)20-13(12-5-6-12)8-18-17(23)15-11(2)19-9-21(15)3/h9-10,12-14H,4-8H2,1-3H3,(H,18,23)(H,20,22). The van der Waals surface area contributed by atoms with Crippen LogP contribution in [-0.4, -0.2) is 44.5 Å². The van der Waals surface area contributed by atoms with Gasteiger partial charge in [-0.1, -0.05) is 6.92 Å². The molecule has 2 amide bonds. The number of thioether (sulfide) groups is 1. The van der Waals surface area contributed by atoms with Crippen molar-refractivity contribution in [1.29, 1.82) is 0 Å². The third-order valence-electron chi connectivity index (χ3n) is 4.86. The van der Waals surface area contributed by atoms with E-state index < -0.39 is 0 Å². The smallest absolute Gasteiger partial charge is 0.269 e. The molecule has 1 aromatic heterocycles. The van der Waals surface area contributed by atoms with Crippen molar-refractivity contribution in [3.05, 3.63) is 17.7 Å². The minimum atomic E-state index is -0.128. The molecule has 7 heteroatoms. The van der Waals surface area contributed by atoms with Gasteiger partial charge in [0.25, 0.3) is 5.91 Å². The van der Waals surface area contributed by atoms with Crippen LogP contribution in [0.1, 0.15) is 48.8 Å². The normalized spacial score (nSPS) is 24.6. The summed E-state index contributed by atoms with van der Waals surface area (Å²) in [6, 6.07) is 0.0338. The second kappa shape index (κ2) is 7.17. The summed E-state index contributed by atoms with van der Waals surface area (Å²) >= 11 is 1.76. The molecule has 24 heavy (non-hydrogen) atoms. The summed E-state index contributed by atoms with van der Waals surface area (Å²) in [6.07, 6.45) is 5.95. The van der Waals surface area contributed by atoms with Crippen molar-refractivity contribution in [2.45, 2.75) is 56.1 Å². The molecular weight excluding hydrogens is 324 g/mol. The lowest BCUT2D eigenvalue weighted by molar-refractivity contribution is -0.121.